The van der Waals surface area contributed by atoms with Crippen LogP contribution in [0.25, 0.3) is 0 Å². The molecule has 2 nitrogen and oxygen atoms in total. The summed E-state index contributed by atoms with van der Waals surface area (Å²) in [5.41, 5.74) is 0. The van der Waals surface area contributed by atoms with Crippen molar-refractivity contribution in [1.82, 2.24) is 10.2 Å². The minimum Gasteiger partial charge on any atom is -0.315 e. The van der Waals surface area contributed by atoms with Gasteiger partial charge in [0, 0.05) is 18.1 Å². The van der Waals surface area contributed by atoms with Gasteiger partial charge in [0.25, 0.3) is 0 Å². The Bertz CT molecular complexity index is 112. The molecule has 0 aliphatic rings. The van der Waals surface area contributed by atoms with Crippen LogP contribution in [0.3, 0.4) is 0 Å². The normalized spacial score (nSPS) is 16.3. The molecule has 86 valence electrons. The van der Waals surface area contributed by atoms with Crippen molar-refractivity contribution in [1.29, 1.82) is 0 Å². The Morgan fingerprint density at radius 1 is 1.07 bits per heavy atom. The van der Waals surface area contributed by atoms with E-state index < -0.39 is 0 Å². The summed E-state index contributed by atoms with van der Waals surface area (Å²) in [7, 11) is 4.31. The lowest BCUT2D eigenvalue weighted by molar-refractivity contribution is 0.142. The standard InChI is InChI=1S/C12H28N2/c1-7-11(8-2)14(6)10(4)12(9-3)13-5/h10-13H,7-9H2,1-6H3. The average Bonchev–Trinajstić information content (AvgIpc) is 2.21. The van der Waals surface area contributed by atoms with E-state index in [9.17, 15) is 0 Å². The fourth-order valence-electron chi connectivity index (χ4n) is 2.27. The zero-order valence-electron chi connectivity index (χ0n) is 10.8. The lowest BCUT2D eigenvalue weighted by atomic mass is 10.0. The molecule has 14 heavy (non-hydrogen) atoms. The number of nitrogens with one attached hydrogen (secondary N) is 1. The minimum atomic E-state index is 0.612. The second kappa shape index (κ2) is 7.24. The molecular weight excluding hydrogens is 172 g/mol. The molecule has 0 amide bonds. The molecule has 0 saturated carbocycles. The van der Waals surface area contributed by atoms with Crippen molar-refractivity contribution < 1.29 is 0 Å². The molecule has 0 aliphatic heterocycles. The highest BCUT2D eigenvalue weighted by atomic mass is 15.2. The van der Waals surface area contributed by atoms with Crippen molar-refractivity contribution in [2.75, 3.05) is 14.1 Å². The number of hydrogen-bond acceptors (Lipinski definition) is 2. The smallest absolute Gasteiger partial charge is 0.0220 e. The van der Waals surface area contributed by atoms with E-state index in [0.29, 0.717) is 12.1 Å². The number of hydrogen-bond donors (Lipinski definition) is 1. The summed E-state index contributed by atoms with van der Waals surface area (Å²) in [6, 6.07) is 1.96. The van der Waals surface area contributed by atoms with Gasteiger partial charge >= 0.3 is 0 Å². The molecule has 0 spiro atoms. The molecule has 0 radical (unpaired) electrons. The second-order valence-electron chi connectivity index (χ2n) is 4.18. The van der Waals surface area contributed by atoms with E-state index in [4.69, 9.17) is 0 Å². The van der Waals surface area contributed by atoms with Crippen LogP contribution >= 0.6 is 0 Å². The van der Waals surface area contributed by atoms with Crippen molar-refractivity contribution in [3.8, 4) is 0 Å². The minimum absolute atomic E-state index is 0.612. The van der Waals surface area contributed by atoms with E-state index in [1.165, 1.54) is 19.3 Å². The van der Waals surface area contributed by atoms with Crippen LogP contribution in [0.1, 0.15) is 47.0 Å². The van der Waals surface area contributed by atoms with E-state index in [0.717, 1.165) is 6.04 Å². The summed E-state index contributed by atoms with van der Waals surface area (Å²) >= 11 is 0. The molecule has 0 saturated heterocycles. The van der Waals surface area contributed by atoms with Gasteiger partial charge in [-0.2, -0.15) is 0 Å². The van der Waals surface area contributed by atoms with Gasteiger partial charge in [0.1, 0.15) is 0 Å². The summed E-state index contributed by atoms with van der Waals surface area (Å²) in [6.07, 6.45) is 3.69. The highest BCUT2D eigenvalue weighted by Crippen LogP contribution is 2.13. The van der Waals surface area contributed by atoms with E-state index in [-0.39, 0.29) is 0 Å². The van der Waals surface area contributed by atoms with Gasteiger partial charge in [-0.3, -0.25) is 4.90 Å². The van der Waals surface area contributed by atoms with Crippen molar-refractivity contribution in [2.45, 2.75) is 65.1 Å². The molecule has 1 N–H and O–H groups in total. The number of rotatable bonds is 7. The van der Waals surface area contributed by atoms with Crippen LogP contribution in [0, 0.1) is 0 Å². The van der Waals surface area contributed by atoms with E-state index in [2.05, 4.69) is 52.0 Å². The molecule has 0 aromatic rings. The summed E-state index contributed by atoms with van der Waals surface area (Å²) in [6.45, 7) is 9.12. The maximum absolute atomic E-state index is 3.39. The van der Waals surface area contributed by atoms with Crippen LogP contribution in [0.4, 0.5) is 0 Å². The molecule has 2 unspecified atom stereocenters. The van der Waals surface area contributed by atoms with E-state index >= 15 is 0 Å². The lowest BCUT2D eigenvalue weighted by Gasteiger charge is -2.36. The fourth-order valence-corrected chi connectivity index (χ4v) is 2.27. The van der Waals surface area contributed by atoms with Gasteiger partial charge in [-0.1, -0.05) is 20.8 Å². The first-order valence-electron chi connectivity index (χ1n) is 6.01. The molecule has 2 atom stereocenters. The van der Waals surface area contributed by atoms with Gasteiger partial charge < -0.3 is 5.32 Å². The molecule has 0 rings (SSSR count). The van der Waals surface area contributed by atoms with Crippen molar-refractivity contribution in [2.24, 2.45) is 0 Å². The Labute approximate surface area is 90.1 Å². The fraction of sp³-hybridized carbons (Fsp3) is 1.00. The maximum atomic E-state index is 3.39. The third-order valence-corrected chi connectivity index (χ3v) is 3.55. The van der Waals surface area contributed by atoms with E-state index in [1.807, 2.05) is 0 Å². The molecule has 0 heterocycles. The Morgan fingerprint density at radius 2 is 1.57 bits per heavy atom. The zero-order chi connectivity index (χ0) is 11.1. The highest BCUT2D eigenvalue weighted by Gasteiger charge is 2.22. The molecular formula is C12H28N2. The van der Waals surface area contributed by atoms with Gasteiger partial charge in [0.05, 0.1) is 0 Å². The van der Waals surface area contributed by atoms with Crippen LogP contribution in [-0.2, 0) is 0 Å². The zero-order valence-corrected chi connectivity index (χ0v) is 10.8. The summed E-state index contributed by atoms with van der Waals surface area (Å²) < 4.78 is 0. The van der Waals surface area contributed by atoms with Gasteiger partial charge in [-0.15, -0.1) is 0 Å². The van der Waals surface area contributed by atoms with Crippen LogP contribution in [0.2, 0.25) is 0 Å². The Morgan fingerprint density at radius 3 is 1.86 bits per heavy atom. The Kier molecular flexibility index (Phi) is 7.20. The predicted octanol–water partition coefficient (Wildman–Crippen LogP) is 2.49. The van der Waals surface area contributed by atoms with Gasteiger partial charge in [0.2, 0.25) is 0 Å². The molecule has 0 bridgehead atoms. The lowest BCUT2D eigenvalue weighted by Crippen LogP contribution is -2.49. The molecule has 0 fully saturated rings. The number of likely N-dealkylation sites (N-methyl/N-ethyl adjacent to an activating group) is 2. The van der Waals surface area contributed by atoms with Crippen molar-refractivity contribution in [3.05, 3.63) is 0 Å². The third-order valence-electron chi connectivity index (χ3n) is 3.55. The Hall–Kier alpha value is -0.0800. The first kappa shape index (κ1) is 13.9. The third kappa shape index (κ3) is 3.58. The number of nitrogens with zero attached hydrogens (tertiary/aromatic N) is 1. The highest BCUT2D eigenvalue weighted by molar-refractivity contribution is 4.80. The molecule has 2 heteroatoms. The monoisotopic (exact) mass is 200 g/mol. The van der Waals surface area contributed by atoms with Crippen LogP contribution < -0.4 is 5.32 Å². The molecule has 0 aromatic carbocycles. The van der Waals surface area contributed by atoms with Crippen molar-refractivity contribution in [3.63, 3.8) is 0 Å². The predicted molar refractivity (Wildman–Crippen MR) is 64.7 cm³/mol. The summed E-state index contributed by atoms with van der Waals surface area (Å²) in [5, 5.41) is 3.39. The largest absolute Gasteiger partial charge is 0.315 e. The average molecular weight is 200 g/mol. The van der Waals surface area contributed by atoms with Crippen molar-refractivity contribution >= 4 is 0 Å². The SMILES string of the molecule is CCC(NC)C(C)N(C)C(CC)CC. The first-order chi connectivity index (χ1) is 6.62. The van der Waals surface area contributed by atoms with Crippen LogP contribution in [0.5, 0.6) is 0 Å². The second-order valence-corrected chi connectivity index (χ2v) is 4.18. The quantitative estimate of drug-likeness (QED) is 0.679. The van der Waals surface area contributed by atoms with Crippen LogP contribution in [0.15, 0.2) is 0 Å². The van der Waals surface area contributed by atoms with E-state index in [1.54, 1.807) is 0 Å². The summed E-state index contributed by atoms with van der Waals surface area (Å²) in [4.78, 5) is 2.52. The van der Waals surface area contributed by atoms with Gasteiger partial charge in [0.15, 0.2) is 0 Å². The van der Waals surface area contributed by atoms with Gasteiger partial charge in [-0.05, 0) is 40.3 Å². The molecule has 0 aliphatic carbocycles. The van der Waals surface area contributed by atoms with Crippen LogP contribution in [-0.4, -0.2) is 37.1 Å². The van der Waals surface area contributed by atoms with Gasteiger partial charge in [-0.25, -0.2) is 0 Å². The Balaban J connectivity index is 4.26. The maximum Gasteiger partial charge on any atom is 0.0220 e. The molecule has 0 aromatic heterocycles. The summed E-state index contributed by atoms with van der Waals surface area (Å²) in [5.74, 6) is 0. The first-order valence-corrected chi connectivity index (χ1v) is 6.01. The topological polar surface area (TPSA) is 15.3 Å².